The highest BCUT2D eigenvalue weighted by atomic mass is 16.2. The van der Waals surface area contributed by atoms with Gasteiger partial charge >= 0.3 is 0 Å². The molecule has 0 aliphatic carbocycles. The third-order valence-electron chi connectivity index (χ3n) is 3.28. The molecule has 0 spiro atoms. The maximum Gasteiger partial charge on any atom is 0.274 e. The fourth-order valence-electron chi connectivity index (χ4n) is 2.13. The standard InChI is InChI=1S/C16H22N6O2/c1-3-6-17-15(23)12-21(8-4-2)16(24)13-10-19-14(11-18-13)22-9-5-7-20-22/h5,7,9-11H,3-4,6,8,12H2,1-2H3,(H,17,23). The van der Waals surface area contributed by atoms with Crippen LogP contribution in [0.15, 0.2) is 30.9 Å². The van der Waals surface area contributed by atoms with Gasteiger partial charge in [0.25, 0.3) is 5.91 Å². The normalized spacial score (nSPS) is 10.4. The number of hydrogen-bond acceptors (Lipinski definition) is 5. The van der Waals surface area contributed by atoms with E-state index in [0.717, 1.165) is 12.8 Å². The zero-order chi connectivity index (χ0) is 17.4. The fourth-order valence-corrected chi connectivity index (χ4v) is 2.13. The number of rotatable bonds is 8. The summed E-state index contributed by atoms with van der Waals surface area (Å²) in [6.45, 7) is 5.05. The van der Waals surface area contributed by atoms with Gasteiger partial charge in [0.05, 0.1) is 18.9 Å². The number of nitrogens with zero attached hydrogens (tertiary/aromatic N) is 5. The number of hydrogen-bond donors (Lipinski definition) is 1. The number of aromatic nitrogens is 4. The van der Waals surface area contributed by atoms with Crippen LogP contribution in [0.3, 0.4) is 0 Å². The summed E-state index contributed by atoms with van der Waals surface area (Å²) in [6.07, 6.45) is 7.89. The lowest BCUT2D eigenvalue weighted by Crippen LogP contribution is -2.41. The molecule has 0 unspecified atom stereocenters. The van der Waals surface area contributed by atoms with E-state index in [1.807, 2.05) is 13.8 Å². The summed E-state index contributed by atoms with van der Waals surface area (Å²) in [6, 6.07) is 1.78. The Kier molecular flexibility index (Phi) is 6.41. The van der Waals surface area contributed by atoms with Gasteiger partial charge in [-0.3, -0.25) is 9.59 Å². The van der Waals surface area contributed by atoms with Gasteiger partial charge in [-0.25, -0.2) is 14.6 Å². The number of nitrogens with one attached hydrogen (secondary N) is 1. The van der Waals surface area contributed by atoms with E-state index in [-0.39, 0.29) is 24.1 Å². The molecular formula is C16H22N6O2. The minimum atomic E-state index is -0.303. The summed E-state index contributed by atoms with van der Waals surface area (Å²) in [5, 5.41) is 6.83. The van der Waals surface area contributed by atoms with Crippen LogP contribution in [0.4, 0.5) is 0 Å². The van der Waals surface area contributed by atoms with Gasteiger partial charge < -0.3 is 10.2 Å². The van der Waals surface area contributed by atoms with Crippen LogP contribution in [0.1, 0.15) is 37.2 Å². The average Bonchev–Trinajstić information content (AvgIpc) is 3.14. The molecule has 0 saturated heterocycles. The van der Waals surface area contributed by atoms with E-state index < -0.39 is 0 Å². The SMILES string of the molecule is CCCNC(=O)CN(CCC)C(=O)c1cnc(-n2cccn2)cn1. The molecule has 8 heteroatoms. The van der Waals surface area contributed by atoms with Crippen LogP contribution in [-0.2, 0) is 4.79 Å². The molecule has 0 aliphatic heterocycles. The topological polar surface area (TPSA) is 93.0 Å². The Balaban J connectivity index is 2.07. The average molecular weight is 330 g/mol. The lowest BCUT2D eigenvalue weighted by Gasteiger charge is -2.21. The predicted molar refractivity (Wildman–Crippen MR) is 88.6 cm³/mol. The second kappa shape index (κ2) is 8.76. The van der Waals surface area contributed by atoms with E-state index in [1.54, 1.807) is 23.1 Å². The van der Waals surface area contributed by atoms with Crippen LogP contribution < -0.4 is 5.32 Å². The summed E-state index contributed by atoms with van der Waals surface area (Å²) in [5.74, 6) is 0.0575. The van der Waals surface area contributed by atoms with Gasteiger partial charge in [0.15, 0.2) is 5.82 Å². The lowest BCUT2D eigenvalue weighted by atomic mass is 10.3. The van der Waals surface area contributed by atoms with E-state index in [9.17, 15) is 9.59 Å². The second-order valence-electron chi connectivity index (χ2n) is 5.29. The molecule has 2 aromatic heterocycles. The van der Waals surface area contributed by atoms with Crippen LogP contribution >= 0.6 is 0 Å². The third kappa shape index (κ3) is 4.61. The van der Waals surface area contributed by atoms with Crippen LogP contribution in [-0.4, -0.2) is 56.1 Å². The molecular weight excluding hydrogens is 308 g/mol. The van der Waals surface area contributed by atoms with Crippen molar-refractivity contribution >= 4 is 11.8 Å². The zero-order valence-corrected chi connectivity index (χ0v) is 14.0. The van der Waals surface area contributed by atoms with Crippen LogP contribution in [0, 0.1) is 0 Å². The van der Waals surface area contributed by atoms with Gasteiger partial charge in [-0.05, 0) is 18.9 Å². The van der Waals surface area contributed by atoms with E-state index in [0.29, 0.717) is 18.9 Å². The Hall–Kier alpha value is -2.77. The van der Waals surface area contributed by atoms with Crippen molar-refractivity contribution in [1.82, 2.24) is 30.0 Å². The van der Waals surface area contributed by atoms with Crippen LogP contribution in [0.2, 0.25) is 0 Å². The maximum absolute atomic E-state index is 12.6. The smallest absolute Gasteiger partial charge is 0.274 e. The second-order valence-corrected chi connectivity index (χ2v) is 5.29. The van der Waals surface area contributed by atoms with Gasteiger partial charge in [-0.1, -0.05) is 13.8 Å². The molecule has 128 valence electrons. The van der Waals surface area contributed by atoms with Crippen molar-refractivity contribution in [3.63, 3.8) is 0 Å². The van der Waals surface area contributed by atoms with E-state index in [1.165, 1.54) is 17.3 Å². The molecule has 0 aliphatic rings. The molecule has 1 N–H and O–H groups in total. The van der Waals surface area contributed by atoms with Crippen molar-refractivity contribution in [2.24, 2.45) is 0 Å². The molecule has 0 atom stereocenters. The predicted octanol–water partition coefficient (Wildman–Crippen LogP) is 1.04. The number of amides is 2. The minimum absolute atomic E-state index is 0.0231. The summed E-state index contributed by atoms with van der Waals surface area (Å²) >= 11 is 0. The first-order chi connectivity index (χ1) is 11.7. The van der Waals surface area contributed by atoms with Crippen molar-refractivity contribution < 1.29 is 9.59 Å². The first-order valence-corrected chi connectivity index (χ1v) is 8.03. The summed E-state index contributed by atoms with van der Waals surface area (Å²) in [5.41, 5.74) is 0.211. The lowest BCUT2D eigenvalue weighted by molar-refractivity contribution is -0.121. The fraction of sp³-hybridized carbons (Fsp3) is 0.438. The van der Waals surface area contributed by atoms with Crippen molar-refractivity contribution in [2.45, 2.75) is 26.7 Å². The van der Waals surface area contributed by atoms with Gasteiger partial charge in [-0.2, -0.15) is 5.10 Å². The van der Waals surface area contributed by atoms with Gasteiger partial charge in [-0.15, -0.1) is 0 Å². The number of carbonyl (C=O) groups excluding carboxylic acids is 2. The molecule has 0 aromatic carbocycles. The molecule has 24 heavy (non-hydrogen) atoms. The van der Waals surface area contributed by atoms with Crippen molar-refractivity contribution in [2.75, 3.05) is 19.6 Å². The van der Waals surface area contributed by atoms with Crippen molar-refractivity contribution in [1.29, 1.82) is 0 Å². The van der Waals surface area contributed by atoms with Crippen LogP contribution in [0.25, 0.3) is 5.82 Å². The highest BCUT2D eigenvalue weighted by molar-refractivity contribution is 5.94. The maximum atomic E-state index is 12.6. The van der Waals surface area contributed by atoms with E-state index >= 15 is 0 Å². The summed E-state index contributed by atoms with van der Waals surface area (Å²) < 4.78 is 1.56. The molecule has 2 aromatic rings. The number of carbonyl (C=O) groups is 2. The third-order valence-corrected chi connectivity index (χ3v) is 3.28. The Bertz CT molecular complexity index is 654. The monoisotopic (exact) mass is 330 g/mol. The molecule has 0 radical (unpaired) electrons. The van der Waals surface area contributed by atoms with Gasteiger partial charge in [0, 0.05) is 25.5 Å². The highest BCUT2D eigenvalue weighted by Crippen LogP contribution is 2.05. The summed E-state index contributed by atoms with van der Waals surface area (Å²) in [4.78, 5) is 34.3. The molecule has 0 fully saturated rings. The Labute approximate surface area is 140 Å². The quantitative estimate of drug-likeness (QED) is 0.780. The minimum Gasteiger partial charge on any atom is -0.355 e. The molecule has 8 nitrogen and oxygen atoms in total. The first-order valence-electron chi connectivity index (χ1n) is 8.03. The van der Waals surface area contributed by atoms with Crippen molar-refractivity contribution in [3.05, 3.63) is 36.5 Å². The molecule has 0 saturated carbocycles. The molecule has 2 heterocycles. The Morgan fingerprint density at radius 1 is 1.21 bits per heavy atom. The van der Waals surface area contributed by atoms with E-state index in [4.69, 9.17) is 0 Å². The van der Waals surface area contributed by atoms with Gasteiger partial charge in [0.1, 0.15) is 5.69 Å². The molecule has 0 bridgehead atoms. The summed E-state index contributed by atoms with van der Waals surface area (Å²) in [7, 11) is 0. The van der Waals surface area contributed by atoms with Crippen molar-refractivity contribution in [3.8, 4) is 5.82 Å². The Morgan fingerprint density at radius 2 is 2.04 bits per heavy atom. The molecule has 2 rings (SSSR count). The molecule has 2 amide bonds. The Morgan fingerprint density at radius 3 is 2.62 bits per heavy atom. The highest BCUT2D eigenvalue weighted by Gasteiger charge is 2.19. The van der Waals surface area contributed by atoms with E-state index in [2.05, 4.69) is 20.4 Å². The zero-order valence-electron chi connectivity index (χ0n) is 14.0. The van der Waals surface area contributed by atoms with Gasteiger partial charge in [0.2, 0.25) is 5.91 Å². The van der Waals surface area contributed by atoms with Crippen LogP contribution in [0.5, 0.6) is 0 Å². The largest absolute Gasteiger partial charge is 0.355 e. The first kappa shape index (κ1) is 17.6.